The van der Waals surface area contributed by atoms with Gasteiger partial charge in [0.2, 0.25) is 0 Å². The molecule has 0 bridgehead atoms. The summed E-state index contributed by atoms with van der Waals surface area (Å²) in [7, 11) is 4.05. The lowest BCUT2D eigenvalue weighted by Gasteiger charge is -2.41. The number of nitrogens with zero attached hydrogens (tertiary/aromatic N) is 1. The zero-order valence-electron chi connectivity index (χ0n) is 16.7. The van der Waals surface area contributed by atoms with Crippen LogP contribution in [0.4, 0.5) is 26.3 Å². The molecular formula is C19H25F6N2O3+. The van der Waals surface area contributed by atoms with Gasteiger partial charge in [0.1, 0.15) is 17.5 Å². The van der Waals surface area contributed by atoms with Crippen molar-refractivity contribution in [2.24, 2.45) is 0 Å². The van der Waals surface area contributed by atoms with Crippen LogP contribution in [0.3, 0.4) is 0 Å². The van der Waals surface area contributed by atoms with Crippen LogP contribution in [0.25, 0.3) is 0 Å². The van der Waals surface area contributed by atoms with E-state index in [-0.39, 0.29) is 29.6 Å². The molecule has 1 atom stereocenters. The lowest BCUT2D eigenvalue weighted by molar-refractivity contribution is -0.918. The molecule has 0 aromatic heterocycles. The number of alkyl halides is 6. The first-order chi connectivity index (χ1) is 13.8. The monoisotopic (exact) mass is 443 g/mol. The second-order valence-corrected chi connectivity index (χ2v) is 7.83. The van der Waals surface area contributed by atoms with E-state index in [2.05, 4.69) is 14.8 Å². The van der Waals surface area contributed by atoms with Gasteiger partial charge >= 0.3 is 12.4 Å². The first-order valence-electron chi connectivity index (χ1n) is 9.41. The van der Waals surface area contributed by atoms with Crippen molar-refractivity contribution < 1.29 is 45.1 Å². The third-order valence-electron chi connectivity index (χ3n) is 5.00. The lowest BCUT2D eigenvalue weighted by Crippen LogP contribution is -2.56. The van der Waals surface area contributed by atoms with E-state index in [9.17, 15) is 31.1 Å². The summed E-state index contributed by atoms with van der Waals surface area (Å²) in [5, 5.41) is 2.67. The number of benzene rings is 1. The zero-order valence-corrected chi connectivity index (χ0v) is 16.7. The number of hydrogen-bond acceptors (Lipinski definition) is 3. The molecule has 11 heteroatoms. The van der Waals surface area contributed by atoms with Crippen LogP contribution in [0.1, 0.15) is 29.6 Å². The Morgan fingerprint density at radius 3 is 2.30 bits per heavy atom. The van der Waals surface area contributed by atoms with Crippen LogP contribution in [-0.2, 0) is 0 Å². The fourth-order valence-electron chi connectivity index (χ4n) is 3.31. The van der Waals surface area contributed by atoms with Gasteiger partial charge in [0.05, 0.1) is 32.7 Å². The van der Waals surface area contributed by atoms with Gasteiger partial charge in [0, 0.05) is 6.42 Å². The van der Waals surface area contributed by atoms with Crippen molar-refractivity contribution in [3.63, 3.8) is 0 Å². The molecule has 0 saturated carbocycles. The summed E-state index contributed by atoms with van der Waals surface area (Å²) in [6.45, 7) is -2.02. The summed E-state index contributed by atoms with van der Waals surface area (Å²) in [5.74, 6) is -1.43. The molecule has 1 aromatic carbocycles. The second kappa shape index (κ2) is 9.32. The van der Waals surface area contributed by atoms with E-state index in [1.165, 1.54) is 0 Å². The fraction of sp³-hybridized carbons (Fsp3) is 0.632. The Labute approximate surface area is 170 Å². The molecular weight excluding hydrogens is 418 g/mol. The minimum absolute atomic E-state index is 0.118. The Balaban J connectivity index is 2.16. The van der Waals surface area contributed by atoms with Gasteiger partial charge in [-0.05, 0) is 31.0 Å². The third kappa shape index (κ3) is 7.58. The maximum atomic E-state index is 12.6. The first-order valence-corrected chi connectivity index (χ1v) is 9.41. The van der Waals surface area contributed by atoms with Gasteiger partial charge in [0.15, 0.2) is 13.2 Å². The van der Waals surface area contributed by atoms with E-state index in [1.807, 2.05) is 14.1 Å². The normalized spacial score (nSPS) is 19.3. The van der Waals surface area contributed by atoms with E-state index in [0.717, 1.165) is 44.0 Å². The van der Waals surface area contributed by atoms with Crippen LogP contribution in [0.15, 0.2) is 18.2 Å². The summed E-state index contributed by atoms with van der Waals surface area (Å²) in [5.41, 5.74) is -0.319. The third-order valence-corrected chi connectivity index (χ3v) is 5.00. The molecule has 170 valence electrons. The van der Waals surface area contributed by atoms with Crippen molar-refractivity contribution in [3.05, 3.63) is 23.8 Å². The fourth-order valence-corrected chi connectivity index (χ4v) is 3.31. The summed E-state index contributed by atoms with van der Waals surface area (Å²) in [6.07, 6.45) is -6.30. The number of rotatable bonds is 7. The van der Waals surface area contributed by atoms with Gasteiger partial charge in [-0.15, -0.1) is 0 Å². The van der Waals surface area contributed by atoms with E-state index in [0.29, 0.717) is 4.48 Å². The number of ether oxygens (including phenoxy) is 2. The van der Waals surface area contributed by atoms with Gasteiger partial charge < -0.3 is 19.3 Å². The molecule has 1 amide bonds. The number of carbonyl (C=O) groups is 1. The number of amides is 1. The Bertz CT molecular complexity index is 734. The molecule has 1 N–H and O–H groups in total. The van der Waals surface area contributed by atoms with Gasteiger partial charge in [-0.2, -0.15) is 26.3 Å². The highest BCUT2D eigenvalue weighted by molar-refractivity contribution is 5.97. The lowest BCUT2D eigenvalue weighted by atomic mass is 10.00. The van der Waals surface area contributed by atoms with Crippen LogP contribution in [0.5, 0.6) is 11.5 Å². The van der Waals surface area contributed by atoms with E-state index >= 15 is 0 Å². The van der Waals surface area contributed by atoms with E-state index < -0.39 is 31.5 Å². The Hall–Kier alpha value is -2.17. The number of nitrogens with one attached hydrogen (secondary N) is 1. The molecule has 0 radical (unpaired) electrons. The number of hydrogen-bond donors (Lipinski definition) is 1. The number of halogens is 6. The summed E-state index contributed by atoms with van der Waals surface area (Å²) >= 11 is 0. The quantitative estimate of drug-likeness (QED) is 0.513. The van der Waals surface area contributed by atoms with Crippen molar-refractivity contribution in [2.45, 2.75) is 37.7 Å². The summed E-state index contributed by atoms with van der Waals surface area (Å²) in [6, 6.07) is 3.09. The minimum Gasteiger partial charge on any atom is -0.484 e. The molecule has 0 spiro atoms. The average molecular weight is 443 g/mol. The maximum absolute atomic E-state index is 12.6. The SMILES string of the molecule is C[N+]1(C)CCCCC1CNC(=O)c1cc(OCC(F)(F)F)ccc1OCC(F)(F)F. The molecule has 1 saturated heterocycles. The maximum Gasteiger partial charge on any atom is 0.422 e. The standard InChI is InChI=1S/C19H24F6N2O3/c1-27(2)8-4-3-5-13(27)10-26-17(28)15-9-14(29-11-18(20,21)22)6-7-16(15)30-12-19(23,24)25/h6-7,9,13H,3-5,8,10-12H2,1-2H3/p+1. The Morgan fingerprint density at radius 1 is 1.07 bits per heavy atom. The molecule has 0 aliphatic carbocycles. The van der Waals surface area contributed by atoms with Gasteiger partial charge in [-0.3, -0.25) is 4.79 Å². The summed E-state index contributed by atoms with van der Waals surface area (Å²) in [4.78, 5) is 12.6. The van der Waals surface area contributed by atoms with Crippen molar-refractivity contribution in [1.29, 1.82) is 0 Å². The largest absolute Gasteiger partial charge is 0.484 e. The molecule has 30 heavy (non-hydrogen) atoms. The average Bonchev–Trinajstić information content (AvgIpc) is 2.62. The zero-order chi connectivity index (χ0) is 22.6. The van der Waals surface area contributed by atoms with Crippen LogP contribution < -0.4 is 14.8 Å². The van der Waals surface area contributed by atoms with Gasteiger partial charge in [0.25, 0.3) is 5.91 Å². The topological polar surface area (TPSA) is 47.6 Å². The van der Waals surface area contributed by atoms with Crippen LogP contribution >= 0.6 is 0 Å². The Kier molecular flexibility index (Phi) is 7.49. The van der Waals surface area contributed by atoms with Gasteiger partial charge in [-0.25, -0.2) is 0 Å². The smallest absolute Gasteiger partial charge is 0.422 e. The van der Waals surface area contributed by atoms with Crippen LogP contribution in [-0.4, -0.2) is 69.2 Å². The highest BCUT2D eigenvalue weighted by Gasteiger charge is 2.33. The predicted molar refractivity (Wildman–Crippen MR) is 96.5 cm³/mol. The number of likely N-dealkylation sites (tertiary alicyclic amines) is 1. The minimum atomic E-state index is -4.64. The highest BCUT2D eigenvalue weighted by Crippen LogP contribution is 2.28. The van der Waals surface area contributed by atoms with E-state index in [4.69, 9.17) is 0 Å². The molecule has 1 aliphatic rings. The molecule has 5 nitrogen and oxygen atoms in total. The van der Waals surface area contributed by atoms with Crippen molar-refractivity contribution in [1.82, 2.24) is 5.32 Å². The number of quaternary nitrogens is 1. The van der Waals surface area contributed by atoms with Crippen molar-refractivity contribution in [2.75, 3.05) is 40.4 Å². The predicted octanol–water partition coefficient (Wildman–Crippen LogP) is 3.93. The molecule has 2 rings (SSSR count). The van der Waals surface area contributed by atoms with Gasteiger partial charge in [-0.1, -0.05) is 0 Å². The van der Waals surface area contributed by atoms with E-state index in [1.54, 1.807) is 0 Å². The van der Waals surface area contributed by atoms with Crippen molar-refractivity contribution >= 4 is 5.91 Å². The molecule has 1 aliphatic heterocycles. The van der Waals surface area contributed by atoms with Crippen LogP contribution in [0, 0.1) is 0 Å². The molecule has 1 fully saturated rings. The number of likely N-dealkylation sites (N-methyl/N-ethyl adjacent to an activating group) is 1. The van der Waals surface area contributed by atoms with Crippen LogP contribution in [0.2, 0.25) is 0 Å². The number of piperidine rings is 1. The molecule has 1 heterocycles. The Morgan fingerprint density at radius 2 is 1.70 bits per heavy atom. The summed E-state index contributed by atoms with van der Waals surface area (Å²) < 4.78 is 84.6. The molecule has 1 unspecified atom stereocenters. The van der Waals surface area contributed by atoms with Crippen molar-refractivity contribution in [3.8, 4) is 11.5 Å². The highest BCUT2D eigenvalue weighted by atomic mass is 19.4. The second-order valence-electron chi connectivity index (χ2n) is 7.83. The first kappa shape index (κ1) is 24.1. The number of carbonyl (C=O) groups excluding carboxylic acids is 1. The molecule has 1 aromatic rings.